The summed E-state index contributed by atoms with van der Waals surface area (Å²) in [4.78, 5) is 15.3. The lowest BCUT2D eigenvalue weighted by atomic mass is 9.82. The van der Waals surface area contributed by atoms with Crippen LogP contribution in [0.5, 0.6) is 0 Å². The van der Waals surface area contributed by atoms with E-state index in [1.165, 1.54) is 17.5 Å². The molecule has 0 fully saturated rings. The molecule has 0 aliphatic heterocycles. The number of likely N-dealkylation sites (N-methyl/N-ethyl adjacent to an activating group) is 1. The third-order valence-corrected chi connectivity index (χ3v) is 5.79. The largest absolute Gasteiger partial charge is 0.462 e. The molecule has 0 aromatic heterocycles. The van der Waals surface area contributed by atoms with Crippen LogP contribution in [0.2, 0.25) is 0 Å². The number of carbonyl (C=O) groups is 1. The van der Waals surface area contributed by atoms with Crippen LogP contribution < -0.4 is 0 Å². The minimum Gasteiger partial charge on any atom is -0.462 e. The topological polar surface area (TPSA) is 49.8 Å². The number of ether oxygens (including phenoxy) is 1. The first kappa shape index (κ1) is 23.4. The van der Waals surface area contributed by atoms with Gasteiger partial charge in [0.15, 0.2) is 0 Å². The van der Waals surface area contributed by atoms with Gasteiger partial charge in [0.25, 0.3) is 0 Å². The van der Waals surface area contributed by atoms with Crippen molar-refractivity contribution >= 4 is 18.4 Å². The zero-order valence-corrected chi connectivity index (χ0v) is 18.2. The third kappa shape index (κ3) is 5.19. The quantitative estimate of drug-likeness (QED) is 0.657. The Morgan fingerprint density at radius 2 is 1.66 bits per heavy atom. The lowest BCUT2D eigenvalue weighted by Crippen LogP contribution is -2.40. The van der Waals surface area contributed by atoms with Gasteiger partial charge in [-0.15, -0.1) is 12.4 Å². The first-order valence-electron chi connectivity index (χ1n) is 10.4. The summed E-state index contributed by atoms with van der Waals surface area (Å²) >= 11 is 0. The van der Waals surface area contributed by atoms with Gasteiger partial charge >= 0.3 is 5.97 Å². The second-order valence-corrected chi connectivity index (χ2v) is 7.43. The first-order chi connectivity index (χ1) is 13.6. The average Bonchev–Trinajstić information content (AvgIpc) is 2.76. The summed E-state index contributed by atoms with van der Waals surface area (Å²) in [5.41, 5.74) is 1.89. The van der Waals surface area contributed by atoms with Crippen LogP contribution in [0.4, 0.5) is 0 Å². The number of hydrogen-bond donors (Lipinski definition) is 1. The van der Waals surface area contributed by atoms with E-state index in [9.17, 15) is 9.90 Å². The van der Waals surface area contributed by atoms with Crippen LogP contribution in [0.1, 0.15) is 48.9 Å². The summed E-state index contributed by atoms with van der Waals surface area (Å²) in [6, 6.07) is 15.0. The molecule has 1 atom stereocenters. The fourth-order valence-electron chi connectivity index (χ4n) is 3.95. The van der Waals surface area contributed by atoms with E-state index in [0.29, 0.717) is 17.7 Å². The van der Waals surface area contributed by atoms with Crippen molar-refractivity contribution in [2.75, 3.05) is 26.2 Å². The van der Waals surface area contributed by atoms with E-state index < -0.39 is 11.6 Å². The van der Waals surface area contributed by atoms with Gasteiger partial charge in [0, 0.05) is 6.54 Å². The van der Waals surface area contributed by atoms with E-state index in [1.54, 1.807) is 12.1 Å². The molecule has 0 bridgehead atoms. The summed E-state index contributed by atoms with van der Waals surface area (Å²) < 4.78 is 5.56. The van der Waals surface area contributed by atoms with Crippen LogP contribution >= 0.6 is 12.4 Å². The molecule has 3 rings (SSSR count). The number of benzene rings is 2. The van der Waals surface area contributed by atoms with Gasteiger partial charge in [-0.1, -0.05) is 62.4 Å². The summed E-state index contributed by atoms with van der Waals surface area (Å²) in [7, 11) is 0. The Morgan fingerprint density at radius 3 is 2.31 bits per heavy atom. The zero-order chi connectivity index (χ0) is 20.0. The van der Waals surface area contributed by atoms with Crippen LogP contribution in [-0.2, 0) is 28.0 Å². The molecule has 0 saturated heterocycles. The molecule has 0 radical (unpaired) electrons. The maximum Gasteiger partial charge on any atom is 0.347 e. The molecule has 158 valence electrons. The van der Waals surface area contributed by atoms with Gasteiger partial charge in [-0.3, -0.25) is 0 Å². The van der Waals surface area contributed by atoms with Crippen LogP contribution in [0.3, 0.4) is 0 Å². The van der Waals surface area contributed by atoms with Gasteiger partial charge in [0.05, 0.1) is 0 Å². The van der Waals surface area contributed by atoms with E-state index in [-0.39, 0.29) is 19.0 Å². The van der Waals surface area contributed by atoms with Gasteiger partial charge in [0.1, 0.15) is 6.61 Å². The highest BCUT2D eigenvalue weighted by Gasteiger charge is 2.42. The average molecular weight is 418 g/mol. The van der Waals surface area contributed by atoms with Gasteiger partial charge < -0.3 is 14.7 Å². The normalized spacial score (nSPS) is 15.2. The number of fused-ring (bicyclic) bond motifs is 1. The molecule has 1 N–H and O–H groups in total. The molecule has 2 aromatic carbocycles. The molecule has 0 amide bonds. The standard InChI is InChI=1S/C24H31NO3.ClH/c1-3-25(4-2)16-17-28-23(26)24(27,21-12-6-5-7-13-21)22-15-14-19-10-8-9-11-20(19)18-22;/h5-7,12-15,18,27H,3-4,8-11,16-17H2,1-2H3;1H. The molecule has 0 heterocycles. The van der Waals surface area contributed by atoms with E-state index in [1.807, 2.05) is 30.3 Å². The van der Waals surface area contributed by atoms with Crippen molar-refractivity contribution in [3.05, 3.63) is 70.8 Å². The highest BCUT2D eigenvalue weighted by Crippen LogP contribution is 2.34. The molecule has 1 unspecified atom stereocenters. The number of aryl methyl sites for hydroxylation is 2. The Bertz CT molecular complexity index is 792. The zero-order valence-electron chi connectivity index (χ0n) is 17.4. The molecule has 1 aliphatic rings. The predicted octanol–water partition coefficient (Wildman–Crippen LogP) is 4.11. The lowest BCUT2D eigenvalue weighted by molar-refractivity contribution is -0.162. The Morgan fingerprint density at radius 1 is 1.00 bits per heavy atom. The summed E-state index contributed by atoms with van der Waals surface area (Å²) in [6.07, 6.45) is 4.40. The first-order valence-corrected chi connectivity index (χ1v) is 10.4. The SMILES string of the molecule is CCN(CC)CCOC(=O)C(O)(c1ccccc1)c1ccc2c(c1)CCCC2.Cl. The maximum absolute atomic E-state index is 13.1. The minimum absolute atomic E-state index is 0. The van der Waals surface area contributed by atoms with E-state index in [2.05, 4.69) is 24.8 Å². The second kappa shape index (κ2) is 10.8. The molecular weight excluding hydrogens is 386 g/mol. The summed E-state index contributed by atoms with van der Waals surface area (Å²) in [6.45, 7) is 6.90. The van der Waals surface area contributed by atoms with Crippen molar-refractivity contribution < 1.29 is 14.6 Å². The molecule has 2 aromatic rings. The smallest absolute Gasteiger partial charge is 0.347 e. The van der Waals surface area contributed by atoms with Gasteiger partial charge in [-0.2, -0.15) is 0 Å². The lowest BCUT2D eigenvalue weighted by Gasteiger charge is -2.29. The number of halogens is 1. The van der Waals surface area contributed by atoms with Gasteiger partial charge in [0.2, 0.25) is 5.60 Å². The van der Waals surface area contributed by atoms with Crippen molar-refractivity contribution in [2.45, 2.75) is 45.1 Å². The van der Waals surface area contributed by atoms with E-state index in [0.717, 1.165) is 32.4 Å². The third-order valence-electron chi connectivity index (χ3n) is 5.79. The van der Waals surface area contributed by atoms with E-state index in [4.69, 9.17) is 4.74 Å². The number of carbonyl (C=O) groups excluding carboxylic acids is 1. The number of nitrogens with zero attached hydrogens (tertiary/aromatic N) is 1. The van der Waals surface area contributed by atoms with E-state index >= 15 is 0 Å². The highest BCUT2D eigenvalue weighted by atomic mass is 35.5. The minimum atomic E-state index is -1.79. The van der Waals surface area contributed by atoms with Crippen LogP contribution in [0, 0.1) is 0 Å². The monoisotopic (exact) mass is 417 g/mol. The van der Waals surface area contributed by atoms with Crippen LogP contribution in [-0.4, -0.2) is 42.2 Å². The predicted molar refractivity (Wildman–Crippen MR) is 119 cm³/mol. The van der Waals surface area contributed by atoms with Crippen molar-refractivity contribution in [3.8, 4) is 0 Å². The van der Waals surface area contributed by atoms with Crippen molar-refractivity contribution in [3.63, 3.8) is 0 Å². The fourth-order valence-corrected chi connectivity index (χ4v) is 3.95. The van der Waals surface area contributed by atoms with Crippen molar-refractivity contribution in [1.82, 2.24) is 4.90 Å². The molecule has 1 aliphatic carbocycles. The van der Waals surface area contributed by atoms with Crippen LogP contribution in [0.25, 0.3) is 0 Å². The number of aliphatic hydroxyl groups is 1. The molecular formula is C24H32ClNO3. The summed E-state index contributed by atoms with van der Waals surface area (Å²) in [5.74, 6) is -0.610. The van der Waals surface area contributed by atoms with Crippen molar-refractivity contribution in [1.29, 1.82) is 0 Å². The second-order valence-electron chi connectivity index (χ2n) is 7.43. The Balaban J connectivity index is 0.00000300. The highest BCUT2D eigenvalue weighted by molar-refractivity contribution is 5.86. The number of esters is 1. The Kier molecular flexibility index (Phi) is 8.69. The molecule has 4 nitrogen and oxygen atoms in total. The fraction of sp³-hybridized carbons (Fsp3) is 0.458. The summed E-state index contributed by atoms with van der Waals surface area (Å²) in [5, 5.41) is 11.6. The van der Waals surface area contributed by atoms with Gasteiger partial charge in [-0.25, -0.2) is 4.79 Å². The molecule has 5 heteroatoms. The number of hydrogen-bond acceptors (Lipinski definition) is 4. The van der Waals surface area contributed by atoms with Gasteiger partial charge in [-0.05, 0) is 61.0 Å². The van der Waals surface area contributed by atoms with Crippen molar-refractivity contribution in [2.24, 2.45) is 0 Å². The Hall–Kier alpha value is -1.88. The van der Waals surface area contributed by atoms with Crippen LogP contribution in [0.15, 0.2) is 48.5 Å². The number of rotatable bonds is 8. The molecule has 29 heavy (non-hydrogen) atoms. The molecule has 0 saturated carbocycles. The maximum atomic E-state index is 13.1. The Labute approximate surface area is 180 Å². The molecule has 0 spiro atoms.